The van der Waals surface area contributed by atoms with Gasteiger partial charge in [-0.3, -0.25) is 4.79 Å². The van der Waals surface area contributed by atoms with E-state index in [0.29, 0.717) is 18.5 Å². The summed E-state index contributed by atoms with van der Waals surface area (Å²) in [5, 5.41) is 3.23. The maximum atomic E-state index is 12.8. The molecule has 1 aromatic carbocycles. The van der Waals surface area contributed by atoms with Crippen LogP contribution in [0.2, 0.25) is 0 Å². The van der Waals surface area contributed by atoms with Gasteiger partial charge in [-0.15, -0.1) is 0 Å². The average Bonchev–Trinajstić information content (AvgIpc) is 3.27. The molecule has 1 N–H and O–H groups in total. The molecule has 1 aromatic rings. The first kappa shape index (κ1) is 15.3. The summed E-state index contributed by atoms with van der Waals surface area (Å²) in [6.07, 6.45) is -3.69. The van der Waals surface area contributed by atoms with Crippen molar-refractivity contribution in [2.24, 2.45) is 5.92 Å². The smallest absolute Gasteiger partial charge is 0.337 e. The third-order valence-electron chi connectivity index (χ3n) is 4.53. The Kier molecular flexibility index (Phi) is 3.89. The van der Waals surface area contributed by atoms with E-state index in [-0.39, 0.29) is 23.8 Å². The zero-order valence-electron chi connectivity index (χ0n) is 12.4. The highest BCUT2D eigenvalue weighted by atomic mass is 19.4. The third kappa shape index (κ3) is 2.97. The van der Waals surface area contributed by atoms with Crippen molar-refractivity contribution < 1.29 is 18.0 Å². The molecule has 1 saturated heterocycles. The van der Waals surface area contributed by atoms with Gasteiger partial charge in [0, 0.05) is 31.6 Å². The molecule has 3 nitrogen and oxygen atoms in total. The number of rotatable bonds is 2. The van der Waals surface area contributed by atoms with Gasteiger partial charge in [-0.25, -0.2) is 0 Å². The summed E-state index contributed by atoms with van der Waals surface area (Å²) in [5.74, 6) is -0.155. The lowest BCUT2D eigenvalue weighted by Crippen LogP contribution is -2.52. The summed E-state index contributed by atoms with van der Waals surface area (Å²) in [6.45, 7) is 4.21. The van der Waals surface area contributed by atoms with Crippen molar-refractivity contribution in [1.82, 2.24) is 10.2 Å². The minimum atomic E-state index is -4.34. The average molecular weight is 312 g/mol. The predicted molar refractivity (Wildman–Crippen MR) is 76.3 cm³/mol. The van der Waals surface area contributed by atoms with E-state index in [1.54, 1.807) is 6.07 Å². The van der Waals surface area contributed by atoms with Crippen molar-refractivity contribution >= 4 is 5.91 Å². The van der Waals surface area contributed by atoms with Crippen LogP contribution in [-0.2, 0) is 11.0 Å². The fourth-order valence-corrected chi connectivity index (χ4v) is 3.16. The van der Waals surface area contributed by atoms with Gasteiger partial charge in [0.25, 0.3) is 0 Å². The Balaban J connectivity index is 1.70. The third-order valence-corrected chi connectivity index (χ3v) is 4.53. The molecule has 2 aliphatic rings. The number of piperazine rings is 1. The summed E-state index contributed by atoms with van der Waals surface area (Å²) < 4.78 is 38.3. The Morgan fingerprint density at radius 1 is 1.36 bits per heavy atom. The zero-order valence-corrected chi connectivity index (χ0v) is 12.4. The van der Waals surface area contributed by atoms with Crippen molar-refractivity contribution in [1.29, 1.82) is 0 Å². The highest BCUT2D eigenvalue weighted by Gasteiger charge is 2.47. The Hall–Kier alpha value is -1.56. The van der Waals surface area contributed by atoms with Gasteiger partial charge in [-0.1, -0.05) is 18.2 Å². The van der Waals surface area contributed by atoms with Crippen LogP contribution in [0.4, 0.5) is 13.2 Å². The molecule has 1 heterocycles. The molecule has 3 atom stereocenters. The largest absolute Gasteiger partial charge is 0.416 e. The van der Waals surface area contributed by atoms with Gasteiger partial charge in [0.1, 0.15) is 0 Å². The maximum Gasteiger partial charge on any atom is 0.416 e. The van der Waals surface area contributed by atoms with Crippen LogP contribution in [0.5, 0.6) is 0 Å². The van der Waals surface area contributed by atoms with Gasteiger partial charge < -0.3 is 10.2 Å². The highest BCUT2D eigenvalue weighted by molar-refractivity contribution is 5.83. The lowest BCUT2D eigenvalue weighted by molar-refractivity contribution is -0.137. The first-order valence-electron chi connectivity index (χ1n) is 7.56. The van der Waals surface area contributed by atoms with Crippen LogP contribution in [0.25, 0.3) is 0 Å². The van der Waals surface area contributed by atoms with Crippen molar-refractivity contribution in [2.75, 3.05) is 19.6 Å². The lowest BCUT2D eigenvalue weighted by Gasteiger charge is -2.34. The lowest BCUT2D eigenvalue weighted by atomic mass is 10.0. The number of hydrogen-bond donors (Lipinski definition) is 1. The van der Waals surface area contributed by atoms with Crippen LogP contribution in [0.15, 0.2) is 24.3 Å². The topological polar surface area (TPSA) is 32.3 Å². The number of amides is 1. The first-order chi connectivity index (χ1) is 10.4. The SMILES string of the molecule is CC1CNCCN1C(=O)C1CC1c1cccc(C(F)(F)F)c1. The van der Waals surface area contributed by atoms with E-state index in [0.717, 1.165) is 19.2 Å². The van der Waals surface area contributed by atoms with Gasteiger partial charge in [0.2, 0.25) is 5.91 Å². The van der Waals surface area contributed by atoms with Crippen LogP contribution < -0.4 is 5.32 Å². The number of carbonyl (C=O) groups excluding carboxylic acids is 1. The van der Waals surface area contributed by atoms with Gasteiger partial charge in [-0.05, 0) is 30.9 Å². The number of alkyl halides is 3. The number of nitrogens with zero attached hydrogens (tertiary/aromatic N) is 1. The molecule has 3 unspecified atom stereocenters. The minimum Gasteiger partial charge on any atom is -0.337 e. The normalized spacial score (nSPS) is 28.5. The van der Waals surface area contributed by atoms with Crippen LogP contribution in [0.3, 0.4) is 0 Å². The van der Waals surface area contributed by atoms with Gasteiger partial charge in [-0.2, -0.15) is 13.2 Å². The molecule has 1 amide bonds. The van der Waals surface area contributed by atoms with E-state index in [9.17, 15) is 18.0 Å². The molecule has 6 heteroatoms. The van der Waals surface area contributed by atoms with Crippen LogP contribution in [-0.4, -0.2) is 36.5 Å². The Bertz CT molecular complexity index is 573. The van der Waals surface area contributed by atoms with Crippen LogP contribution >= 0.6 is 0 Å². The Morgan fingerprint density at radius 2 is 2.14 bits per heavy atom. The maximum absolute atomic E-state index is 12.8. The van der Waals surface area contributed by atoms with E-state index >= 15 is 0 Å². The molecule has 0 bridgehead atoms. The van der Waals surface area contributed by atoms with E-state index in [4.69, 9.17) is 0 Å². The Labute approximate surface area is 127 Å². The number of carbonyl (C=O) groups is 1. The molecule has 0 radical (unpaired) electrons. The van der Waals surface area contributed by atoms with Crippen molar-refractivity contribution in [3.05, 3.63) is 35.4 Å². The first-order valence-corrected chi connectivity index (χ1v) is 7.56. The van der Waals surface area contributed by atoms with Gasteiger partial charge >= 0.3 is 6.18 Å². The number of benzene rings is 1. The summed E-state index contributed by atoms with van der Waals surface area (Å²) in [7, 11) is 0. The van der Waals surface area contributed by atoms with Gasteiger partial charge in [0.05, 0.1) is 5.56 Å². The monoisotopic (exact) mass is 312 g/mol. The summed E-state index contributed by atoms with van der Waals surface area (Å²) in [4.78, 5) is 14.4. The molecule has 1 aliphatic carbocycles. The molecule has 1 aliphatic heterocycles. The molecule has 0 spiro atoms. The van der Waals surface area contributed by atoms with Crippen molar-refractivity contribution in [2.45, 2.75) is 31.5 Å². The molecular weight excluding hydrogens is 293 g/mol. The fourth-order valence-electron chi connectivity index (χ4n) is 3.16. The van der Waals surface area contributed by atoms with Crippen molar-refractivity contribution in [3.8, 4) is 0 Å². The van der Waals surface area contributed by atoms with E-state index in [1.165, 1.54) is 12.1 Å². The quantitative estimate of drug-likeness (QED) is 0.910. The number of hydrogen-bond acceptors (Lipinski definition) is 2. The number of nitrogens with one attached hydrogen (secondary N) is 1. The van der Waals surface area contributed by atoms with Gasteiger partial charge in [0.15, 0.2) is 0 Å². The molecular formula is C16H19F3N2O. The van der Waals surface area contributed by atoms with E-state index in [2.05, 4.69) is 5.32 Å². The molecule has 22 heavy (non-hydrogen) atoms. The summed E-state index contributed by atoms with van der Waals surface area (Å²) in [5.41, 5.74) is -0.0189. The Morgan fingerprint density at radius 3 is 2.82 bits per heavy atom. The van der Waals surface area contributed by atoms with Crippen molar-refractivity contribution in [3.63, 3.8) is 0 Å². The van der Waals surface area contributed by atoms with E-state index in [1.807, 2.05) is 11.8 Å². The molecule has 1 saturated carbocycles. The zero-order chi connectivity index (χ0) is 15.9. The molecule has 0 aromatic heterocycles. The molecule has 2 fully saturated rings. The second kappa shape index (κ2) is 5.57. The predicted octanol–water partition coefficient (Wildman–Crippen LogP) is 2.63. The fraction of sp³-hybridized carbons (Fsp3) is 0.562. The number of halogens is 3. The highest BCUT2D eigenvalue weighted by Crippen LogP contribution is 2.49. The summed E-state index contributed by atoms with van der Waals surface area (Å²) >= 11 is 0. The second-order valence-electron chi connectivity index (χ2n) is 6.16. The second-order valence-corrected chi connectivity index (χ2v) is 6.16. The van der Waals surface area contributed by atoms with Crippen LogP contribution in [0.1, 0.15) is 30.4 Å². The molecule has 3 rings (SSSR count). The standard InChI is InChI=1S/C16H19F3N2O/c1-10-9-20-5-6-21(10)15(22)14-8-13(14)11-3-2-4-12(7-11)16(17,18)19/h2-4,7,10,13-14,20H,5-6,8-9H2,1H3. The minimum absolute atomic E-state index is 0.0723. The van der Waals surface area contributed by atoms with Crippen LogP contribution in [0, 0.1) is 5.92 Å². The molecule has 120 valence electrons. The summed E-state index contributed by atoms with van der Waals surface area (Å²) in [6, 6.07) is 5.50. The van der Waals surface area contributed by atoms with E-state index < -0.39 is 11.7 Å².